The van der Waals surface area contributed by atoms with Crippen molar-refractivity contribution in [2.24, 2.45) is 7.05 Å². The average molecular weight is 509 g/mol. The topological polar surface area (TPSA) is 71.2 Å². The highest BCUT2D eigenvalue weighted by Crippen LogP contribution is 2.34. The molecule has 1 aliphatic heterocycles. The van der Waals surface area contributed by atoms with Crippen LogP contribution in [0.3, 0.4) is 0 Å². The van der Waals surface area contributed by atoms with Crippen LogP contribution < -0.4 is 10.3 Å². The van der Waals surface area contributed by atoms with Gasteiger partial charge in [-0.2, -0.15) is 0 Å². The molecule has 0 radical (unpaired) electrons. The van der Waals surface area contributed by atoms with Crippen LogP contribution in [0.2, 0.25) is 5.15 Å². The molecule has 0 spiro atoms. The van der Waals surface area contributed by atoms with Crippen LogP contribution in [0.15, 0.2) is 59.4 Å². The van der Waals surface area contributed by atoms with Gasteiger partial charge in [-0.1, -0.05) is 54.1 Å². The van der Waals surface area contributed by atoms with Gasteiger partial charge in [0.2, 0.25) is 5.75 Å². The number of nitrogens with zero attached hydrogens (tertiary/aromatic N) is 4. The molecule has 186 valence electrons. The molecule has 36 heavy (non-hydrogen) atoms. The van der Waals surface area contributed by atoms with Crippen molar-refractivity contribution in [1.82, 2.24) is 19.1 Å². The lowest BCUT2D eigenvalue weighted by atomic mass is 10.1. The summed E-state index contributed by atoms with van der Waals surface area (Å²) in [6, 6.07) is 15.8. The molecule has 3 heterocycles. The van der Waals surface area contributed by atoms with E-state index in [4.69, 9.17) is 26.1 Å². The number of benzene rings is 2. The first-order valence-corrected chi connectivity index (χ1v) is 12.0. The van der Waals surface area contributed by atoms with E-state index in [1.807, 2.05) is 51.2 Å². The van der Waals surface area contributed by atoms with Gasteiger partial charge in [-0.3, -0.25) is 9.36 Å². The summed E-state index contributed by atoms with van der Waals surface area (Å²) in [5.41, 5.74) is 1.75. The Balaban J connectivity index is 1.62. The molecule has 0 bridgehead atoms. The van der Waals surface area contributed by atoms with Gasteiger partial charge in [0, 0.05) is 13.5 Å². The Morgan fingerprint density at radius 1 is 1.08 bits per heavy atom. The second-order valence-electron chi connectivity index (χ2n) is 9.24. The SMILES string of the molecule is Cn1c(-c2nc3n(c(=O)c2OCc2ccccc2)CCOC3(C)C)nc(Cl)c1Cc1ccc(F)cc1. The van der Waals surface area contributed by atoms with E-state index in [0.717, 1.165) is 11.1 Å². The first-order chi connectivity index (χ1) is 17.2. The van der Waals surface area contributed by atoms with Crippen molar-refractivity contribution in [3.8, 4) is 17.3 Å². The van der Waals surface area contributed by atoms with E-state index in [0.29, 0.717) is 42.6 Å². The van der Waals surface area contributed by atoms with Crippen LogP contribution in [0.4, 0.5) is 4.39 Å². The second kappa shape index (κ2) is 9.52. The number of imidazole rings is 1. The summed E-state index contributed by atoms with van der Waals surface area (Å²) in [6.07, 6.45) is 0.432. The lowest BCUT2D eigenvalue weighted by Crippen LogP contribution is -2.41. The van der Waals surface area contributed by atoms with Gasteiger partial charge in [-0.15, -0.1) is 0 Å². The fourth-order valence-electron chi connectivity index (χ4n) is 4.37. The average Bonchev–Trinajstić information content (AvgIpc) is 3.13. The number of aromatic nitrogens is 4. The Bertz CT molecular complexity index is 1460. The first-order valence-electron chi connectivity index (χ1n) is 11.7. The largest absolute Gasteiger partial charge is 0.481 e. The Labute approximate surface area is 213 Å². The molecule has 2 aromatic carbocycles. The van der Waals surface area contributed by atoms with E-state index in [1.165, 1.54) is 12.1 Å². The number of halogens is 2. The van der Waals surface area contributed by atoms with Crippen molar-refractivity contribution in [2.45, 2.75) is 39.0 Å². The second-order valence-corrected chi connectivity index (χ2v) is 9.60. The molecule has 1 aliphatic rings. The van der Waals surface area contributed by atoms with E-state index >= 15 is 0 Å². The van der Waals surface area contributed by atoms with Crippen molar-refractivity contribution < 1.29 is 13.9 Å². The van der Waals surface area contributed by atoms with Crippen molar-refractivity contribution in [3.05, 3.63) is 98.6 Å². The number of ether oxygens (including phenoxy) is 2. The van der Waals surface area contributed by atoms with Gasteiger partial charge in [0.05, 0.1) is 18.8 Å². The highest BCUT2D eigenvalue weighted by Gasteiger charge is 2.35. The zero-order chi connectivity index (χ0) is 25.4. The summed E-state index contributed by atoms with van der Waals surface area (Å²) in [5, 5.41) is 0.279. The predicted molar refractivity (Wildman–Crippen MR) is 135 cm³/mol. The van der Waals surface area contributed by atoms with E-state index < -0.39 is 5.60 Å². The van der Waals surface area contributed by atoms with E-state index in [-0.39, 0.29) is 28.9 Å². The molecular formula is C27H26ClFN4O3. The Kier molecular flexibility index (Phi) is 6.40. The molecule has 5 rings (SSSR count). The summed E-state index contributed by atoms with van der Waals surface area (Å²) in [5.74, 6) is 0.708. The molecule has 0 unspecified atom stereocenters. The summed E-state index contributed by atoms with van der Waals surface area (Å²) in [7, 11) is 1.81. The fourth-order valence-corrected chi connectivity index (χ4v) is 4.64. The van der Waals surface area contributed by atoms with Crippen LogP contribution in [0.25, 0.3) is 11.5 Å². The maximum atomic E-state index is 13.7. The smallest absolute Gasteiger partial charge is 0.296 e. The van der Waals surface area contributed by atoms with Crippen LogP contribution in [0, 0.1) is 5.82 Å². The molecular weight excluding hydrogens is 483 g/mol. The minimum absolute atomic E-state index is 0.110. The molecule has 9 heteroatoms. The molecule has 0 fully saturated rings. The Morgan fingerprint density at radius 2 is 1.81 bits per heavy atom. The number of hydrogen-bond donors (Lipinski definition) is 0. The van der Waals surface area contributed by atoms with Gasteiger partial charge in [0.25, 0.3) is 5.56 Å². The summed E-state index contributed by atoms with van der Waals surface area (Å²) in [6.45, 7) is 4.73. The quantitative estimate of drug-likeness (QED) is 0.371. The maximum Gasteiger partial charge on any atom is 0.296 e. The molecule has 0 saturated carbocycles. The van der Waals surface area contributed by atoms with Gasteiger partial charge in [0.15, 0.2) is 16.7 Å². The van der Waals surface area contributed by atoms with Crippen LogP contribution in [0.5, 0.6) is 5.75 Å². The third-order valence-corrected chi connectivity index (χ3v) is 6.63. The molecule has 0 aliphatic carbocycles. The third-order valence-electron chi connectivity index (χ3n) is 6.33. The Hall–Kier alpha value is -3.49. The van der Waals surface area contributed by atoms with Gasteiger partial charge < -0.3 is 14.0 Å². The lowest BCUT2D eigenvalue weighted by molar-refractivity contribution is -0.0565. The van der Waals surface area contributed by atoms with E-state index in [2.05, 4.69) is 4.98 Å². The normalized spacial score (nSPS) is 14.5. The van der Waals surface area contributed by atoms with Crippen LogP contribution in [-0.4, -0.2) is 25.7 Å². The standard InChI is InChI=1S/C27H26ClFN4O3/c1-27(2)26-30-21(24-31-23(28)20(32(24)3)15-17-9-11-19(29)12-10-17)22(25(34)33(26)13-14-36-27)35-16-18-7-5-4-6-8-18/h4-12H,13-16H2,1-3H3. The summed E-state index contributed by atoms with van der Waals surface area (Å²) in [4.78, 5) is 23.1. The van der Waals surface area contributed by atoms with Crippen LogP contribution in [-0.2, 0) is 37.0 Å². The molecule has 0 amide bonds. The van der Waals surface area contributed by atoms with Crippen molar-refractivity contribution in [2.75, 3.05) is 6.61 Å². The number of hydrogen-bond acceptors (Lipinski definition) is 5. The minimum atomic E-state index is -0.768. The fraction of sp³-hybridized carbons (Fsp3) is 0.296. The highest BCUT2D eigenvalue weighted by molar-refractivity contribution is 6.30. The highest BCUT2D eigenvalue weighted by atomic mass is 35.5. The first kappa shape index (κ1) is 24.2. The number of fused-ring (bicyclic) bond motifs is 1. The molecule has 0 N–H and O–H groups in total. The van der Waals surface area contributed by atoms with Gasteiger partial charge in [-0.05, 0) is 37.1 Å². The van der Waals surface area contributed by atoms with Gasteiger partial charge in [0.1, 0.15) is 23.8 Å². The molecule has 2 aromatic heterocycles. The maximum absolute atomic E-state index is 13.7. The van der Waals surface area contributed by atoms with E-state index in [9.17, 15) is 9.18 Å². The van der Waals surface area contributed by atoms with Crippen LogP contribution >= 0.6 is 11.6 Å². The Morgan fingerprint density at radius 3 is 2.53 bits per heavy atom. The van der Waals surface area contributed by atoms with Gasteiger partial charge in [-0.25, -0.2) is 14.4 Å². The molecule has 7 nitrogen and oxygen atoms in total. The van der Waals surface area contributed by atoms with Crippen molar-refractivity contribution in [3.63, 3.8) is 0 Å². The molecule has 0 saturated heterocycles. The summed E-state index contributed by atoms with van der Waals surface area (Å²) >= 11 is 6.56. The zero-order valence-corrected chi connectivity index (χ0v) is 21.1. The lowest BCUT2D eigenvalue weighted by Gasteiger charge is -2.33. The minimum Gasteiger partial charge on any atom is -0.481 e. The molecule has 0 atom stereocenters. The zero-order valence-electron chi connectivity index (χ0n) is 20.3. The van der Waals surface area contributed by atoms with Crippen LogP contribution in [0.1, 0.15) is 36.5 Å². The predicted octanol–water partition coefficient (Wildman–Crippen LogP) is 4.87. The van der Waals surface area contributed by atoms with Crippen molar-refractivity contribution in [1.29, 1.82) is 0 Å². The summed E-state index contributed by atoms with van der Waals surface area (Å²) < 4.78 is 28.8. The van der Waals surface area contributed by atoms with Gasteiger partial charge >= 0.3 is 0 Å². The number of rotatable bonds is 6. The van der Waals surface area contributed by atoms with Crippen molar-refractivity contribution >= 4 is 11.6 Å². The van der Waals surface area contributed by atoms with E-state index in [1.54, 1.807) is 21.3 Å². The molecule has 4 aromatic rings. The third kappa shape index (κ3) is 4.54. The monoisotopic (exact) mass is 508 g/mol.